The fraction of sp³-hybridized carbons (Fsp3) is 0.556. The number of rotatable bonds is 2. The van der Waals surface area contributed by atoms with E-state index in [1.54, 1.807) is 0 Å². The van der Waals surface area contributed by atoms with Gasteiger partial charge in [-0.3, -0.25) is 0 Å². The van der Waals surface area contributed by atoms with Gasteiger partial charge in [-0.25, -0.2) is 0 Å². The van der Waals surface area contributed by atoms with Gasteiger partial charge in [-0.15, -0.1) is 5.92 Å². The van der Waals surface area contributed by atoms with Gasteiger partial charge in [0.25, 0.3) is 0 Å². The fourth-order valence-corrected chi connectivity index (χ4v) is 1.09. The second kappa shape index (κ2) is 5.56. The van der Waals surface area contributed by atoms with Gasteiger partial charge in [0.15, 0.2) is 0 Å². The number of hydrogen-bond donors (Lipinski definition) is 0. The topological polar surface area (TPSA) is 0 Å². The summed E-state index contributed by atoms with van der Waals surface area (Å²) >= 11 is 3.48. The lowest BCUT2D eigenvalue weighted by Gasteiger charge is -1.97. The van der Waals surface area contributed by atoms with Crippen LogP contribution in [0.5, 0.6) is 0 Å². The quantitative estimate of drug-likeness (QED) is 0.600. The lowest BCUT2D eigenvalue weighted by Crippen LogP contribution is -1.79. The minimum Gasteiger partial charge on any atom is -0.102 e. The van der Waals surface area contributed by atoms with Crippen molar-refractivity contribution >= 4 is 15.9 Å². The van der Waals surface area contributed by atoms with Gasteiger partial charge in [0, 0.05) is 10.1 Å². The van der Waals surface area contributed by atoms with Crippen LogP contribution < -0.4 is 0 Å². The molecule has 0 aliphatic heterocycles. The summed E-state index contributed by atoms with van der Waals surface area (Å²) < 4.78 is 1.24. The molecule has 0 aliphatic carbocycles. The first-order valence-corrected chi connectivity index (χ1v) is 4.35. The highest BCUT2D eigenvalue weighted by molar-refractivity contribution is 9.11. The third-order valence-corrected chi connectivity index (χ3v) is 2.31. The molecule has 0 aromatic carbocycles. The van der Waals surface area contributed by atoms with Crippen LogP contribution in [0.25, 0.3) is 0 Å². The van der Waals surface area contributed by atoms with Crippen LogP contribution in [0, 0.1) is 11.8 Å². The van der Waals surface area contributed by atoms with Crippen LogP contribution >= 0.6 is 15.9 Å². The average Bonchev–Trinajstić information content (AvgIpc) is 1.99. The van der Waals surface area contributed by atoms with Crippen molar-refractivity contribution in [3.05, 3.63) is 10.1 Å². The highest BCUT2D eigenvalue weighted by Gasteiger charge is 1.94. The Kier molecular flexibility index (Phi) is 5.43. The van der Waals surface area contributed by atoms with Gasteiger partial charge >= 0.3 is 0 Å². The van der Waals surface area contributed by atoms with E-state index in [1.165, 1.54) is 10.1 Å². The van der Waals surface area contributed by atoms with Crippen LogP contribution in [0.1, 0.15) is 33.6 Å². The number of hydrogen-bond acceptors (Lipinski definition) is 0. The lowest BCUT2D eigenvalue weighted by molar-refractivity contribution is 1.10. The molecule has 0 saturated heterocycles. The summed E-state index contributed by atoms with van der Waals surface area (Å²) in [4.78, 5) is 0. The van der Waals surface area contributed by atoms with Crippen LogP contribution in [-0.2, 0) is 0 Å². The van der Waals surface area contributed by atoms with Crippen molar-refractivity contribution in [3.63, 3.8) is 0 Å². The first-order chi connectivity index (χ1) is 4.76. The van der Waals surface area contributed by atoms with Gasteiger partial charge < -0.3 is 0 Å². The van der Waals surface area contributed by atoms with Gasteiger partial charge in [-0.05, 0) is 19.8 Å². The predicted molar refractivity (Wildman–Crippen MR) is 50.0 cm³/mol. The number of allylic oxidation sites excluding steroid dienone is 2. The first-order valence-electron chi connectivity index (χ1n) is 3.56. The summed E-state index contributed by atoms with van der Waals surface area (Å²) in [5.41, 5.74) is 1.23. The van der Waals surface area contributed by atoms with Crippen LogP contribution in [0.2, 0.25) is 0 Å². The molecule has 1 heteroatoms. The van der Waals surface area contributed by atoms with Crippen molar-refractivity contribution in [2.45, 2.75) is 33.6 Å². The monoisotopic (exact) mass is 200 g/mol. The maximum absolute atomic E-state index is 3.48. The summed E-state index contributed by atoms with van der Waals surface area (Å²) in [7, 11) is 0. The summed E-state index contributed by atoms with van der Waals surface area (Å²) in [6.07, 6.45) is 2.06. The maximum Gasteiger partial charge on any atom is 0.0118 e. The fourth-order valence-electron chi connectivity index (χ4n) is 0.712. The van der Waals surface area contributed by atoms with Gasteiger partial charge in [0.1, 0.15) is 0 Å². The molecule has 0 heterocycles. The normalized spacial score (nSPS) is 11.6. The van der Waals surface area contributed by atoms with Crippen molar-refractivity contribution in [1.29, 1.82) is 0 Å². The van der Waals surface area contributed by atoms with Crippen LogP contribution in [0.15, 0.2) is 10.1 Å². The molecule has 0 saturated carbocycles. The summed E-state index contributed by atoms with van der Waals surface area (Å²) in [6.45, 7) is 6.11. The van der Waals surface area contributed by atoms with Crippen molar-refractivity contribution in [2.24, 2.45) is 0 Å². The molecule has 0 bridgehead atoms. The van der Waals surface area contributed by atoms with E-state index in [0.717, 1.165) is 12.8 Å². The highest BCUT2D eigenvalue weighted by atomic mass is 79.9. The zero-order valence-electron chi connectivity index (χ0n) is 6.79. The Morgan fingerprint density at radius 1 is 1.30 bits per heavy atom. The lowest BCUT2D eigenvalue weighted by atomic mass is 10.2. The van der Waals surface area contributed by atoms with Crippen LogP contribution in [0.4, 0.5) is 0 Å². The first kappa shape index (κ1) is 9.78. The molecule has 0 unspecified atom stereocenters. The van der Waals surface area contributed by atoms with E-state index in [2.05, 4.69) is 41.6 Å². The van der Waals surface area contributed by atoms with Gasteiger partial charge in [-0.2, -0.15) is 0 Å². The Morgan fingerprint density at radius 3 is 2.20 bits per heavy atom. The minimum atomic E-state index is 1.02. The summed E-state index contributed by atoms with van der Waals surface area (Å²) in [5.74, 6) is 5.96. The average molecular weight is 201 g/mol. The van der Waals surface area contributed by atoms with Gasteiger partial charge in [-0.1, -0.05) is 35.7 Å². The molecule has 0 nitrogen and oxygen atoms in total. The summed E-state index contributed by atoms with van der Waals surface area (Å²) in [5, 5.41) is 0. The molecule has 0 aliphatic rings. The molecule has 0 radical (unpaired) electrons. The second-order valence-corrected chi connectivity index (χ2v) is 2.92. The van der Waals surface area contributed by atoms with Crippen LogP contribution in [-0.4, -0.2) is 0 Å². The van der Waals surface area contributed by atoms with Gasteiger partial charge in [0.2, 0.25) is 0 Å². The van der Waals surface area contributed by atoms with E-state index in [4.69, 9.17) is 0 Å². The predicted octanol–water partition coefficient (Wildman–Crippen LogP) is 3.48. The zero-order chi connectivity index (χ0) is 7.98. The summed E-state index contributed by atoms with van der Waals surface area (Å²) in [6, 6.07) is 0. The third-order valence-electron chi connectivity index (χ3n) is 1.27. The molecule has 56 valence electrons. The van der Waals surface area contributed by atoms with E-state index >= 15 is 0 Å². The van der Waals surface area contributed by atoms with Gasteiger partial charge in [0.05, 0.1) is 0 Å². The van der Waals surface area contributed by atoms with E-state index in [0.29, 0.717) is 0 Å². The molecular formula is C9H13Br. The molecule has 0 amide bonds. The Hall–Kier alpha value is -0.220. The molecule has 0 aromatic rings. The van der Waals surface area contributed by atoms with E-state index < -0.39 is 0 Å². The van der Waals surface area contributed by atoms with Crippen molar-refractivity contribution in [2.75, 3.05) is 0 Å². The Morgan fingerprint density at radius 2 is 1.90 bits per heavy atom. The molecule has 0 aromatic heterocycles. The van der Waals surface area contributed by atoms with E-state index in [-0.39, 0.29) is 0 Å². The minimum absolute atomic E-state index is 1.02. The Bertz CT molecular complexity index is 179. The number of halogens is 1. The molecular weight excluding hydrogens is 188 g/mol. The van der Waals surface area contributed by atoms with Crippen molar-refractivity contribution in [1.82, 2.24) is 0 Å². The van der Waals surface area contributed by atoms with Crippen molar-refractivity contribution in [3.8, 4) is 11.8 Å². The molecule has 0 N–H and O–H groups in total. The van der Waals surface area contributed by atoms with Crippen molar-refractivity contribution < 1.29 is 0 Å². The molecule has 0 fully saturated rings. The SMILES string of the molecule is CC#C/C(CC)=C(/Br)CC. The maximum atomic E-state index is 3.48. The molecule has 10 heavy (non-hydrogen) atoms. The Balaban J connectivity index is 4.40. The van der Waals surface area contributed by atoms with E-state index in [9.17, 15) is 0 Å². The second-order valence-electron chi connectivity index (χ2n) is 1.97. The zero-order valence-corrected chi connectivity index (χ0v) is 8.38. The largest absolute Gasteiger partial charge is 0.102 e. The molecule has 0 rings (SSSR count). The molecule has 0 spiro atoms. The van der Waals surface area contributed by atoms with Crippen LogP contribution in [0.3, 0.4) is 0 Å². The highest BCUT2D eigenvalue weighted by Crippen LogP contribution is 2.17. The third kappa shape index (κ3) is 3.08. The molecule has 0 atom stereocenters. The Labute approximate surface area is 71.8 Å². The van der Waals surface area contributed by atoms with E-state index in [1.807, 2.05) is 6.92 Å². The standard InChI is InChI=1S/C9H13Br/c1-4-7-8(5-2)9(10)6-3/h5-6H2,1-3H3/b9-8+. The smallest absolute Gasteiger partial charge is 0.0118 e.